The lowest BCUT2D eigenvalue weighted by atomic mass is 10.1. The standard InChI is InChI=1S/C15H11FO3/c16-11-3-1-4-12(7-11)18-8-10-9-19-14-6-2-5-13(17)15(10)14/h1-7,9,17H,8H2. The highest BCUT2D eigenvalue weighted by Crippen LogP contribution is 2.30. The number of benzene rings is 2. The van der Waals surface area contributed by atoms with E-state index in [4.69, 9.17) is 9.15 Å². The fourth-order valence-electron chi connectivity index (χ4n) is 1.96. The molecule has 1 heterocycles. The Hall–Kier alpha value is -2.49. The monoisotopic (exact) mass is 258 g/mol. The number of hydrogen-bond donors (Lipinski definition) is 1. The molecule has 1 N–H and O–H groups in total. The summed E-state index contributed by atoms with van der Waals surface area (Å²) in [4.78, 5) is 0. The van der Waals surface area contributed by atoms with Gasteiger partial charge in [0, 0.05) is 11.6 Å². The zero-order chi connectivity index (χ0) is 13.2. The average molecular weight is 258 g/mol. The average Bonchev–Trinajstić information content (AvgIpc) is 2.81. The molecule has 0 aliphatic carbocycles. The van der Waals surface area contributed by atoms with Gasteiger partial charge in [0.25, 0.3) is 0 Å². The minimum atomic E-state index is -0.350. The van der Waals surface area contributed by atoms with E-state index >= 15 is 0 Å². The second-order valence-electron chi connectivity index (χ2n) is 4.16. The van der Waals surface area contributed by atoms with Crippen LogP contribution in [-0.4, -0.2) is 5.11 Å². The van der Waals surface area contributed by atoms with Crippen molar-refractivity contribution in [3.05, 3.63) is 60.1 Å². The first-order chi connectivity index (χ1) is 9.24. The highest BCUT2D eigenvalue weighted by molar-refractivity contribution is 5.87. The lowest BCUT2D eigenvalue weighted by molar-refractivity contribution is 0.304. The van der Waals surface area contributed by atoms with Crippen LogP contribution in [0.4, 0.5) is 4.39 Å². The Morgan fingerprint density at radius 2 is 2.00 bits per heavy atom. The molecule has 0 atom stereocenters. The van der Waals surface area contributed by atoms with Crippen LogP contribution in [0.25, 0.3) is 11.0 Å². The molecule has 0 spiro atoms. The van der Waals surface area contributed by atoms with E-state index in [1.807, 2.05) is 0 Å². The molecule has 0 saturated carbocycles. The van der Waals surface area contributed by atoms with Crippen molar-refractivity contribution in [1.82, 2.24) is 0 Å². The number of phenolic OH excluding ortho intramolecular Hbond substituents is 1. The molecule has 0 aliphatic heterocycles. The minimum Gasteiger partial charge on any atom is -0.507 e. The summed E-state index contributed by atoms with van der Waals surface area (Å²) in [5.41, 5.74) is 1.32. The molecule has 0 saturated heterocycles. The minimum absolute atomic E-state index is 0.143. The summed E-state index contributed by atoms with van der Waals surface area (Å²) >= 11 is 0. The molecule has 0 radical (unpaired) electrons. The van der Waals surface area contributed by atoms with Crippen molar-refractivity contribution in [3.63, 3.8) is 0 Å². The van der Waals surface area contributed by atoms with Crippen molar-refractivity contribution in [1.29, 1.82) is 0 Å². The fourth-order valence-corrected chi connectivity index (χ4v) is 1.96. The van der Waals surface area contributed by atoms with Crippen LogP contribution < -0.4 is 4.74 Å². The third-order valence-corrected chi connectivity index (χ3v) is 2.84. The van der Waals surface area contributed by atoms with Crippen LogP contribution in [0, 0.1) is 5.82 Å². The van der Waals surface area contributed by atoms with E-state index in [2.05, 4.69) is 0 Å². The largest absolute Gasteiger partial charge is 0.507 e. The third kappa shape index (κ3) is 2.25. The molecule has 1 aromatic heterocycles. The van der Waals surface area contributed by atoms with E-state index in [1.54, 1.807) is 30.3 Å². The summed E-state index contributed by atoms with van der Waals surface area (Å²) < 4.78 is 23.8. The van der Waals surface area contributed by atoms with Crippen LogP contribution in [0.3, 0.4) is 0 Å². The lowest BCUT2D eigenvalue weighted by Crippen LogP contribution is -1.94. The fraction of sp³-hybridized carbons (Fsp3) is 0.0667. The van der Waals surface area contributed by atoms with Gasteiger partial charge < -0.3 is 14.3 Å². The molecule has 0 amide bonds. The molecular weight excluding hydrogens is 247 g/mol. The predicted molar refractivity (Wildman–Crippen MR) is 68.6 cm³/mol. The van der Waals surface area contributed by atoms with Gasteiger partial charge in [0.15, 0.2) is 0 Å². The van der Waals surface area contributed by atoms with Crippen molar-refractivity contribution >= 4 is 11.0 Å². The summed E-state index contributed by atoms with van der Waals surface area (Å²) in [6.45, 7) is 0.202. The Labute approximate surface area is 108 Å². The molecule has 19 heavy (non-hydrogen) atoms. The Morgan fingerprint density at radius 3 is 2.84 bits per heavy atom. The maximum atomic E-state index is 13.0. The van der Waals surface area contributed by atoms with E-state index in [-0.39, 0.29) is 18.2 Å². The van der Waals surface area contributed by atoms with E-state index in [0.717, 1.165) is 5.56 Å². The highest BCUT2D eigenvalue weighted by atomic mass is 19.1. The van der Waals surface area contributed by atoms with Gasteiger partial charge in [-0.25, -0.2) is 4.39 Å². The molecule has 0 aliphatic rings. The van der Waals surface area contributed by atoms with Crippen LogP contribution in [0.15, 0.2) is 53.1 Å². The second kappa shape index (κ2) is 4.65. The summed E-state index contributed by atoms with van der Waals surface area (Å²) in [5, 5.41) is 10.4. The van der Waals surface area contributed by atoms with E-state index in [9.17, 15) is 9.50 Å². The molecule has 0 fully saturated rings. The Bertz CT molecular complexity index is 718. The zero-order valence-electron chi connectivity index (χ0n) is 9.97. The summed E-state index contributed by atoms with van der Waals surface area (Å²) in [5.74, 6) is 0.228. The molecule has 4 heteroatoms. The van der Waals surface area contributed by atoms with Crippen LogP contribution in [0.1, 0.15) is 5.56 Å². The van der Waals surface area contributed by atoms with Gasteiger partial charge in [-0.1, -0.05) is 12.1 Å². The van der Waals surface area contributed by atoms with E-state index < -0.39 is 0 Å². The topological polar surface area (TPSA) is 42.6 Å². The Kier molecular flexibility index (Phi) is 2.83. The number of rotatable bonds is 3. The molecule has 0 bridgehead atoms. The number of fused-ring (bicyclic) bond motifs is 1. The summed E-state index contributed by atoms with van der Waals surface area (Å²) in [6, 6.07) is 11.0. The molecular formula is C15H11FO3. The van der Waals surface area contributed by atoms with Gasteiger partial charge in [-0.3, -0.25) is 0 Å². The van der Waals surface area contributed by atoms with Gasteiger partial charge in [0.2, 0.25) is 0 Å². The number of furan rings is 1. The zero-order valence-corrected chi connectivity index (χ0v) is 9.97. The van der Waals surface area contributed by atoms with E-state index in [0.29, 0.717) is 16.7 Å². The van der Waals surface area contributed by atoms with Crippen molar-refractivity contribution in [2.24, 2.45) is 0 Å². The molecule has 3 rings (SSSR count). The molecule has 2 aromatic carbocycles. The van der Waals surface area contributed by atoms with Crippen molar-refractivity contribution in [3.8, 4) is 11.5 Å². The quantitative estimate of drug-likeness (QED) is 0.775. The van der Waals surface area contributed by atoms with Crippen molar-refractivity contribution in [2.45, 2.75) is 6.61 Å². The van der Waals surface area contributed by atoms with Gasteiger partial charge in [0.1, 0.15) is 29.5 Å². The smallest absolute Gasteiger partial charge is 0.138 e. The lowest BCUT2D eigenvalue weighted by Gasteiger charge is -2.05. The first-order valence-electron chi connectivity index (χ1n) is 5.80. The number of aromatic hydroxyl groups is 1. The van der Waals surface area contributed by atoms with Gasteiger partial charge in [-0.2, -0.15) is 0 Å². The third-order valence-electron chi connectivity index (χ3n) is 2.84. The number of hydrogen-bond acceptors (Lipinski definition) is 3. The SMILES string of the molecule is Oc1cccc2occ(COc3cccc(F)c3)c12. The van der Waals surface area contributed by atoms with Gasteiger partial charge in [-0.05, 0) is 24.3 Å². The summed E-state index contributed by atoms with van der Waals surface area (Å²) in [6.07, 6.45) is 1.53. The van der Waals surface area contributed by atoms with Crippen LogP contribution >= 0.6 is 0 Å². The van der Waals surface area contributed by atoms with E-state index in [1.165, 1.54) is 18.4 Å². The van der Waals surface area contributed by atoms with Crippen molar-refractivity contribution < 1.29 is 18.7 Å². The van der Waals surface area contributed by atoms with Crippen LogP contribution in [-0.2, 0) is 6.61 Å². The second-order valence-corrected chi connectivity index (χ2v) is 4.16. The number of halogens is 1. The normalized spacial score (nSPS) is 10.8. The Balaban J connectivity index is 1.86. The van der Waals surface area contributed by atoms with Crippen LogP contribution in [0.2, 0.25) is 0 Å². The maximum Gasteiger partial charge on any atom is 0.138 e. The van der Waals surface area contributed by atoms with Gasteiger partial charge >= 0.3 is 0 Å². The van der Waals surface area contributed by atoms with Gasteiger partial charge in [0.05, 0.1) is 11.6 Å². The molecule has 3 aromatic rings. The highest BCUT2D eigenvalue weighted by Gasteiger charge is 2.10. The first-order valence-corrected chi connectivity index (χ1v) is 5.80. The molecule has 3 nitrogen and oxygen atoms in total. The maximum absolute atomic E-state index is 13.0. The van der Waals surface area contributed by atoms with Crippen molar-refractivity contribution in [2.75, 3.05) is 0 Å². The van der Waals surface area contributed by atoms with Crippen LogP contribution in [0.5, 0.6) is 11.5 Å². The molecule has 0 unspecified atom stereocenters. The predicted octanol–water partition coefficient (Wildman–Crippen LogP) is 3.86. The molecule has 96 valence electrons. The first kappa shape index (κ1) is 11.6. The summed E-state index contributed by atoms with van der Waals surface area (Å²) in [7, 11) is 0. The number of phenols is 1. The number of ether oxygens (including phenoxy) is 1. The Morgan fingerprint density at radius 1 is 1.16 bits per heavy atom. The van der Waals surface area contributed by atoms with Gasteiger partial charge in [-0.15, -0.1) is 0 Å².